The van der Waals surface area contributed by atoms with E-state index < -0.39 is 0 Å². The molecule has 0 unspecified atom stereocenters. The van der Waals surface area contributed by atoms with Crippen LogP contribution in [0.3, 0.4) is 0 Å². The molecule has 0 saturated carbocycles. The Morgan fingerprint density at radius 3 is 2.22 bits per heavy atom. The van der Waals surface area contributed by atoms with Crippen molar-refractivity contribution in [2.45, 2.75) is 85.1 Å². The SMILES string of the molecule is CCCCCCCC([Si]Oc1cccc(C)c1)(C(C)C)C(C)C. The van der Waals surface area contributed by atoms with Crippen molar-refractivity contribution in [2.75, 3.05) is 0 Å². The van der Waals surface area contributed by atoms with Gasteiger partial charge in [-0.25, -0.2) is 0 Å². The minimum absolute atomic E-state index is 0.302. The molecule has 0 fully saturated rings. The summed E-state index contributed by atoms with van der Waals surface area (Å²) in [7, 11) is 0.540. The van der Waals surface area contributed by atoms with E-state index in [0.717, 1.165) is 5.75 Å². The average Bonchev–Trinajstić information content (AvgIpc) is 2.49. The molecule has 0 saturated heterocycles. The molecule has 0 atom stereocenters. The van der Waals surface area contributed by atoms with Crippen LogP contribution in [0.15, 0.2) is 24.3 Å². The van der Waals surface area contributed by atoms with Crippen LogP contribution in [0.2, 0.25) is 5.04 Å². The van der Waals surface area contributed by atoms with Crippen molar-refractivity contribution >= 4 is 9.76 Å². The Morgan fingerprint density at radius 1 is 1.00 bits per heavy atom. The number of hydrogen-bond donors (Lipinski definition) is 0. The van der Waals surface area contributed by atoms with Gasteiger partial charge in [0, 0.05) is 5.04 Å². The Labute approximate surface area is 147 Å². The molecule has 130 valence electrons. The Hall–Kier alpha value is -0.763. The fraction of sp³-hybridized carbons (Fsp3) is 0.714. The molecular formula is C21H36OSi. The topological polar surface area (TPSA) is 9.23 Å². The highest BCUT2D eigenvalue weighted by Crippen LogP contribution is 2.47. The predicted molar refractivity (Wildman–Crippen MR) is 103 cm³/mol. The number of hydrogen-bond acceptors (Lipinski definition) is 1. The quantitative estimate of drug-likeness (QED) is 0.319. The predicted octanol–water partition coefficient (Wildman–Crippen LogP) is 6.82. The lowest BCUT2D eigenvalue weighted by Gasteiger charge is -2.40. The van der Waals surface area contributed by atoms with Gasteiger partial charge in [0.05, 0.1) is 0 Å². The summed E-state index contributed by atoms with van der Waals surface area (Å²) in [5.41, 5.74) is 1.27. The molecule has 1 aromatic rings. The number of aryl methyl sites for hydroxylation is 1. The second-order valence-electron chi connectivity index (χ2n) is 7.53. The van der Waals surface area contributed by atoms with Gasteiger partial charge in [-0.15, -0.1) is 0 Å². The van der Waals surface area contributed by atoms with E-state index in [0.29, 0.717) is 26.6 Å². The van der Waals surface area contributed by atoms with Gasteiger partial charge in [0.25, 0.3) is 0 Å². The second-order valence-corrected chi connectivity index (χ2v) is 8.87. The molecule has 0 N–H and O–H groups in total. The van der Waals surface area contributed by atoms with Crippen molar-refractivity contribution in [3.63, 3.8) is 0 Å². The van der Waals surface area contributed by atoms with Gasteiger partial charge in [0.15, 0.2) is 0 Å². The van der Waals surface area contributed by atoms with E-state index in [2.05, 4.69) is 65.8 Å². The number of benzene rings is 1. The Kier molecular flexibility index (Phi) is 8.97. The van der Waals surface area contributed by atoms with Crippen LogP contribution in [0.25, 0.3) is 0 Å². The van der Waals surface area contributed by atoms with Crippen LogP contribution >= 0.6 is 0 Å². The monoisotopic (exact) mass is 332 g/mol. The van der Waals surface area contributed by atoms with Gasteiger partial charge >= 0.3 is 9.76 Å². The van der Waals surface area contributed by atoms with Crippen molar-refractivity contribution in [1.82, 2.24) is 0 Å². The molecule has 0 amide bonds. The van der Waals surface area contributed by atoms with Crippen LogP contribution in [0, 0.1) is 18.8 Å². The maximum Gasteiger partial charge on any atom is 0.318 e. The van der Waals surface area contributed by atoms with Gasteiger partial charge in [-0.05, 0) is 42.9 Å². The fourth-order valence-corrected chi connectivity index (χ4v) is 4.57. The molecule has 23 heavy (non-hydrogen) atoms. The molecular weight excluding hydrogens is 296 g/mol. The standard InChI is InChI=1S/C21H36OSi/c1-7-8-9-10-11-15-21(17(2)3,18(4)5)23-22-20-14-12-13-19(6)16-20/h12-14,16-18H,7-11,15H2,1-6H3. The first-order valence-electron chi connectivity index (χ1n) is 9.43. The first kappa shape index (κ1) is 20.3. The normalized spacial score (nSPS) is 12.2. The van der Waals surface area contributed by atoms with E-state index in [1.54, 1.807) is 0 Å². The smallest absolute Gasteiger partial charge is 0.318 e. The largest absolute Gasteiger partial charge is 0.540 e. The van der Waals surface area contributed by atoms with Gasteiger partial charge in [0.2, 0.25) is 0 Å². The molecule has 0 aliphatic rings. The number of rotatable bonds is 11. The summed E-state index contributed by atoms with van der Waals surface area (Å²) < 4.78 is 6.28. The third-order valence-electron chi connectivity index (χ3n) is 5.10. The maximum atomic E-state index is 6.28. The zero-order valence-electron chi connectivity index (χ0n) is 16.1. The number of unbranched alkanes of at least 4 members (excludes halogenated alkanes) is 4. The van der Waals surface area contributed by atoms with Crippen LogP contribution < -0.4 is 4.43 Å². The highest BCUT2D eigenvalue weighted by Gasteiger charge is 2.39. The lowest BCUT2D eigenvalue weighted by molar-refractivity contribution is 0.261. The molecule has 0 heterocycles. The van der Waals surface area contributed by atoms with Gasteiger partial charge in [0.1, 0.15) is 5.75 Å². The highest BCUT2D eigenvalue weighted by atomic mass is 28.2. The molecule has 1 aromatic carbocycles. The summed E-state index contributed by atoms with van der Waals surface area (Å²) in [6.45, 7) is 13.9. The lowest BCUT2D eigenvalue weighted by atomic mass is 9.80. The van der Waals surface area contributed by atoms with Gasteiger partial charge < -0.3 is 4.43 Å². The summed E-state index contributed by atoms with van der Waals surface area (Å²) in [5, 5.41) is 0.302. The molecule has 1 nitrogen and oxygen atoms in total. The van der Waals surface area contributed by atoms with Crippen molar-refractivity contribution in [3.05, 3.63) is 29.8 Å². The van der Waals surface area contributed by atoms with E-state index >= 15 is 0 Å². The van der Waals surface area contributed by atoms with E-state index in [9.17, 15) is 0 Å². The molecule has 1 rings (SSSR count). The highest BCUT2D eigenvalue weighted by molar-refractivity contribution is 6.33. The summed E-state index contributed by atoms with van der Waals surface area (Å²) in [4.78, 5) is 0. The van der Waals surface area contributed by atoms with Crippen molar-refractivity contribution < 1.29 is 4.43 Å². The van der Waals surface area contributed by atoms with Crippen LogP contribution in [0.5, 0.6) is 5.75 Å². The fourth-order valence-electron chi connectivity index (χ4n) is 3.38. The van der Waals surface area contributed by atoms with Gasteiger partial charge in [-0.3, -0.25) is 0 Å². The van der Waals surface area contributed by atoms with Crippen LogP contribution in [0.1, 0.15) is 78.7 Å². The van der Waals surface area contributed by atoms with Crippen molar-refractivity contribution in [2.24, 2.45) is 11.8 Å². The Morgan fingerprint density at radius 2 is 1.65 bits per heavy atom. The zero-order valence-corrected chi connectivity index (χ0v) is 17.1. The summed E-state index contributed by atoms with van der Waals surface area (Å²) in [6.07, 6.45) is 8.06. The van der Waals surface area contributed by atoms with Gasteiger partial charge in [-0.1, -0.05) is 78.9 Å². The second kappa shape index (κ2) is 10.2. The first-order valence-corrected chi connectivity index (χ1v) is 10.3. The summed E-state index contributed by atoms with van der Waals surface area (Å²) in [5.74, 6) is 2.33. The first-order chi connectivity index (χ1) is 10.9. The molecule has 0 aromatic heterocycles. The van der Waals surface area contributed by atoms with Crippen LogP contribution in [-0.4, -0.2) is 9.76 Å². The lowest BCUT2D eigenvalue weighted by Crippen LogP contribution is -2.35. The van der Waals surface area contributed by atoms with E-state index in [-0.39, 0.29) is 0 Å². The van der Waals surface area contributed by atoms with Gasteiger partial charge in [-0.2, -0.15) is 0 Å². The average molecular weight is 333 g/mol. The molecule has 2 heteroatoms. The molecule has 0 aliphatic heterocycles. The maximum absolute atomic E-state index is 6.28. The summed E-state index contributed by atoms with van der Waals surface area (Å²) >= 11 is 0. The molecule has 0 aliphatic carbocycles. The van der Waals surface area contributed by atoms with Crippen molar-refractivity contribution in [1.29, 1.82) is 0 Å². The van der Waals surface area contributed by atoms with E-state index in [1.807, 2.05) is 0 Å². The van der Waals surface area contributed by atoms with E-state index in [4.69, 9.17) is 4.43 Å². The Balaban J connectivity index is 2.70. The zero-order chi connectivity index (χ0) is 17.3. The van der Waals surface area contributed by atoms with E-state index in [1.165, 1.54) is 44.1 Å². The minimum atomic E-state index is 0.302. The van der Waals surface area contributed by atoms with Crippen molar-refractivity contribution in [3.8, 4) is 5.75 Å². The third kappa shape index (κ3) is 6.33. The van der Waals surface area contributed by atoms with Crippen LogP contribution in [0.4, 0.5) is 0 Å². The molecule has 0 bridgehead atoms. The summed E-state index contributed by atoms with van der Waals surface area (Å²) in [6, 6.07) is 8.46. The third-order valence-corrected chi connectivity index (χ3v) is 7.23. The molecule has 2 radical (unpaired) electrons. The Bertz CT molecular complexity index is 431. The van der Waals surface area contributed by atoms with Crippen LogP contribution in [-0.2, 0) is 0 Å². The molecule has 0 spiro atoms. The minimum Gasteiger partial charge on any atom is -0.540 e.